The van der Waals surface area contributed by atoms with E-state index in [1.165, 1.54) is 11.8 Å². The number of aromatic amines is 1. The molecule has 0 radical (unpaired) electrons. The summed E-state index contributed by atoms with van der Waals surface area (Å²) in [6.07, 6.45) is 1.54. The van der Waals surface area contributed by atoms with E-state index in [2.05, 4.69) is 20.1 Å². The number of nitrogens with zero attached hydrogens (tertiary/aromatic N) is 4. The van der Waals surface area contributed by atoms with Gasteiger partial charge in [-0.25, -0.2) is 4.98 Å². The lowest BCUT2D eigenvalue weighted by atomic mass is 10.0. The molecule has 3 aromatic heterocycles. The Bertz CT molecular complexity index is 1210. The van der Waals surface area contributed by atoms with Crippen LogP contribution >= 0.6 is 11.8 Å². The lowest BCUT2D eigenvalue weighted by Gasteiger charge is -2.36. The van der Waals surface area contributed by atoms with Gasteiger partial charge < -0.3 is 18.8 Å². The Hall–Kier alpha value is -3.40. The van der Waals surface area contributed by atoms with Crippen LogP contribution in [0.2, 0.25) is 0 Å². The third kappa shape index (κ3) is 3.42. The zero-order valence-corrected chi connectivity index (χ0v) is 15.9. The van der Waals surface area contributed by atoms with Gasteiger partial charge in [0.15, 0.2) is 5.58 Å². The van der Waals surface area contributed by atoms with Gasteiger partial charge in [0.1, 0.15) is 5.52 Å². The van der Waals surface area contributed by atoms with E-state index in [0.717, 1.165) is 5.52 Å². The van der Waals surface area contributed by atoms with E-state index in [-0.39, 0.29) is 29.0 Å². The van der Waals surface area contributed by atoms with Gasteiger partial charge in [0.05, 0.1) is 17.2 Å². The fourth-order valence-corrected chi connectivity index (χ4v) is 3.82. The number of carbonyl (C=O) groups excluding carboxylic acids is 1. The number of aromatic nitrogens is 4. The summed E-state index contributed by atoms with van der Waals surface area (Å²) < 4.78 is 10.9. The lowest BCUT2D eigenvalue weighted by Crippen LogP contribution is -2.49. The van der Waals surface area contributed by atoms with Crippen molar-refractivity contribution in [2.45, 2.75) is 11.1 Å². The van der Waals surface area contributed by atoms with Crippen molar-refractivity contribution in [3.05, 3.63) is 58.8 Å². The van der Waals surface area contributed by atoms with Crippen molar-refractivity contribution >= 4 is 28.8 Å². The second-order valence-electron chi connectivity index (χ2n) is 6.60. The van der Waals surface area contributed by atoms with Gasteiger partial charge in [-0.1, -0.05) is 29.1 Å². The molecule has 0 bridgehead atoms. The highest BCUT2D eigenvalue weighted by Crippen LogP contribution is 2.29. The van der Waals surface area contributed by atoms with Crippen LogP contribution in [0.15, 0.2) is 61.6 Å². The third-order valence-corrected chi connectivity index (χ3v) is 5.49. The first-order valence-corrected chi connectivity index (χ1v) is 9.94. The minimum absolute atomic E-state index is 0.00671. The number of rotatable bonds is 5. The number of nitrogens with one attached hydrogen (secondary N) is 1. The molecule has 0 unspecified atom stereocenters. The molecule has 4 heterocycles. The molecule has 1 aliphatic heterocycles. The van der Waals surface area contributed by atoms with E-state index >= 15 is 0 Å². The summed E-state index contributed by atoms with van der Waals surface area (Å²) >= 11 is 1.27. The maximum Gasteiger partial charge on any atom is 0.259 e. The average Bonchev–Trinajstić information content (AvgIpc) is 3.32. The van der Waals surface area contributed by atoms with Crippen molar-refractivity contribution in [1.29, 1.82) is 0 Å². The Kier molecular flexibility index (Phi) is 4.39. The molecule has 1 aromatic carbocycles. The number of hydrogen-bond donors (Lipinski definition) is 1. The van der Waals surface area contributed by atoms with E-state index in [0.29, 0.717) is 35.3 Å². The molecule has 0 atom stereocenters. The van der Waals surface area contributed by atoms with E-state index in [9.17, 15) is 9.59 Å². The van der Waals surface area contributed by atoms with Crippen molar-refractivity contribution in [1.82, 2.24) is 25.0 Å². The molecular weight excluding hydrogens is 394 g/mol. The van der Waals surface area contributed by atoms with Crippen LogP contribution in [0.3, 0.4) is 0 Å². The van der Waals surface area contributed by atoms with Crippen LogP contribution in [0.5, 0.6) is 0 Å². The highest BCUT2D eigenvalue weighted by Gasteiger charge is 2.35. The predicted molar refractivity (Wildman–Crippen MR) is 104 cm³/mol. The molecular formula is C19H15N5O4S. The molecule has 1 N–H and O–H groups in total. The molecule has 0 saturated carbocycles. The molecule has 10 heteroatoms. The lowest BCUT2D eigenvalue weighted by molar-refractivity contribution is -0.133. The van der Waals surface area contributed by atoms with Gasteiger partial charge >= 0.3 is 0 Å². The normalized spacial score (nSPS) is 14.3. The molecule has 29 heavy (non-hydrogen) atoms. The van der Waals surface area contributed by atoms with Crippen molar-refractivity contribution in [3.63, 3.8) is 0 Å². The first-order valence-electron chi connectivity index (χ1n) is 8.95. The van der Waals surface area contributed by atoms with Gasteiger partial charge in [0, 0.05) is 19.3 Å². The van der Waals surface area contributed by atoms with Crippen LogP contribution in [0, 0.1) is 0 Å². The highest BCUT2D eigenvalue weighted by molar-refractivity contribution is 7.99. The smallest absolute Gasteiger partial charge is 0.259 e. The maximum absolute atomic E-state index is 12.4. The van der Waals surface area contributed by atoms with Gasteiger partial charge in [-0.2, -0.15) is 4.98 Å². The van der Waals surface area contributed by atoms with Gasteiger partial charge in [0.25, 0.3) is 10.8 Å². The molecule has 0 spiro atoms. The summed E-state index contributed by atoms with van der Waals surface area (Å²) in [6.45, 7) is 0.999. The molecule has 1 amide bonds. The Balaban J connectivity index is 1.17. The van der Waals surface area contributed by atoms with Gasteiger partial charge in [0.2, 0.25) is 17.6 Å². The van der Waals surface area contributed by atoms with Crippen LogP contribution in [-0.4, -0.2) is 49.8 Å². The number of amides is 1. The van der Waals surface area contributed by atoms with Crippen LogP contribution in [0.4, 0.5) is 0 Å². The molecule has 1 fully saturated rings. The van der Waals surface area contributed by atoms with Gasteiger partial charge in [-0.3, -0.25) is 9.59 Å². The van der Waals surface area contributed by atoms with Crippen molar-refractivity contribution in [2.24, 2.45) is 0 Å². The molecule has 1 aliphatic rings. The molecule has 9 nitrogen and oxygen atoms in total. The zero-order valence-electron chi connectivity index (χ0n) is 15.1. The van der Waals surface area contributed by atoms with Crippen molar-refractivity contribution in [2.75, 3.05) is 18.8 Å². The zero-order chi connectivity index (χ0) is 19.8. The number of thioether (sulfide) groups is 1. The quantitative estimate of drug-likeness (QED) is 0.499. The summed E-state index contributed by atoms with van der Waals surface area (Å²) in [5.41, 5.74) is 1.55. The predicted octanol–water partition coefficient (Wildman–Crippen LogP) is 2.28. The van der Waals surface area contributed by atoms with Crippen LogP contribution in [-0.2, 0) is 4.79 Å². The maximum atomic E-state index is 12.4. The number of likely N-dealkylation sites (tertiary alicyclic amines) is 1. The fraction of sp³-hybridized carbons (Fsp3) is 0.211. The number of oxazole rings is 1. The van der Waals surface area contributed by atoms with E-state index in [1.54, 1.807) is 23.2 Å². The fourth-order valence-electron chi connectivity index (χ4n) is 3.07. The summed E-state index contributed by atoms with van der Waals surface area (Å²) in [5, 5.41) is 4.36. The number of hydrogen-bond acceptors (Lipinski definition) is 8. The summed E-state index contributed by atoms with van der Waals surface area (Å²) in [6, 6.07) is 10.8. The Morgan fingerprint density at radius 3 is 2.90 bits per heavy atom. The SMILES string of the molecule is O=C(CSc1nc2ccccc2o1)N1CC(c2nc(-c3ccc[nH]c3=O)no2)C1. The number of H-pyrrole nitrogens is 1. The molecule has 0 aliphatic carbocycles. The van der Waals surface area contributed by atoms with Crippen molar-refractivity contribution in [3.8, 4) is 11.4 Å². The number of carbonyl (C=O) groups is 1. The Morgan fingerprint density at radius 2 is 2.07 bits per heavy atom. The molecule has 4 aromatic rings. The topological polar surface area (TPSA) is 118 Å². The minimum atomic E-state index is -0.276. The molecule has 5 rings (SSSR count). The highest BCUT2D eigenvalue weighted by atomic mass is 32.2. The number of pyridine rings is 1. The summed E-state index contributed by atoms with van der Waals surface area (Å²) in [5.74, 6) is 0.885. The average molecular weight is 409 g/mol. The van der Waals surface area contributed by atoms with Crippen LogP contribution in [0.25, 0.3) is 22.5 Å². The van der Waals surface area contributed by atoms with E-state index in [4.69, 9.17) is 8.94 Å². The number of benzene rings is 1. The Labute approximate surface area is 168 Å². The summed E-state index contributed by atoms with van der Waals surface area (Å²) in [7, 11) is 0. The molecule has 146 valence electrons. The van der Waals surface area contributed by atoms with Crippen LogP contribution < -0.4 is 5.56 Å². The second kappa shape index (κ2) is 7.21. The van der Waals surface area contributed by atoms with E-state index in [1.807, 2.05) is 24.3 Å². The monoisotopic (exact) mass is 409 g/mol. The van der Waals surface area contributed by atoms with Gasteiger partial charge in [-0.05, 0) is 24.3 Å². The van der Waals surface area contributed by atoms with Crippen LogP contribution in [0.1, 0.15) is 11.8 Å². The number of para-hydroxylation sites is 2. The van der Waals surface area contributed by atoms with Crippen molar-refractivity contribution < 1.29 is 13.7 Å². The van der Waals surface area contributed by atoms with E-state index < -0.39 is 0 Å². The first-order chi connectivity index (χ1) is 14.2. The molecule has 1 saturated heterocycles. The second-order valence-corrected chi connectivity index (χ2v) is 7.53. The first kappa shape index (κ1) is 17.7. The summed E-state index contributed by atoms with van der Waals surface area (Å²) in [4.78, 5) is 37.2. The minimum Gasteiger partial charge on any atom is -0.431 e. The Morgan fingerprint density at radius 1 is 1.21 bits per heavy atom. The largest absolute Gasteiger partial charge is 0.431 e. The third-order valence-electron chi connectivity index (χ3n) is 4.68. The standard InChI is InChI=1S/C19H15N5O4S/c25-15(10-29-19-21-13-5-1-2-6-14(13)27-19)24-8-11(9-24)18-22-16(23-28-18)12-4-3-7-20-17(12)26/h1-7,11H,8-10H2,(H,20,26). The van der Waals surface area contributed by atoms with Gasteiger partial charge in [-0.15, -0.1) is 0 Å². The number of fused-ring (bicyclic) bond motifs is 1.